The van der Waals surface area contributed by atoms with E-state index in [1.807, 2.05) is 24.3 Å². The molecule has 4 heteroatoms. The van der Waals surface area contributed by atoms with Gasteiger partial charge in [0.15, 0.2) is 0 Å². The fourth-order valence-corrected chi connectivity index (χ4v) is 4.08. The first kappa shape index (κ1) is 29.7. The Morgan fingerprint density at radius 1 is 0.667 bits per heavy atom. The van der Waals surface area contributed by atoms with Gasteiger partial charge in [-0.05, 0) is 73.2 Å². The van der Waals surface area contributed by atoms with E-state index in [1.54, 1.807) is 24.3 Å². The Labute approximate surface area is 219 Å². The van der Waals surface area contributed by atoms with Crippen LogP contribution < -0.4 is 14.2 Å². The molecule has 0 aromatic heterocycles. The van der Waals surface area contributed by atoms with Crippen LogP contribution in [-0.2, 0) is 0 Å². The second kappa shape index (κ2) is 17.9. The van der Waals surface area contributed by atoms with Gasteiger partial charge in [0.05, 0.1) is 18.8 Å². The Hall–Kier alpha value is -2.49. The minimum Gasteiger partial charge on any atom is -0.494 e. The number of carbonyl (C=O) groups excluding carboxylic acids is 1. The largest absolute Gasteiger partial charge is 0.494 e. The first-order chi connectivity index (χ1) is 17.5. The van der Waals surface area contributed by atoms with Gasteiger partial charge in [-0.25, -0.2) is 4.79 Å². The molecular formula is C32H48O4. The van der Waals surface area contributed by atoms with Crippen LogP contribution in [0, 0.1) is 11.8 Å². The van der Waals surface area contributed by atoms with E-state index in [-0.39, 0.29) is 5.97 Å². The summed E-state index contributed by atoms with van der Waals surface area (Å²) in [5, 5.41) is 0. The van der Waals surface area contributed by atoms with Crippen LogP contribution in [0.25, 0.3) is 0 Å². The summed E-state index contributed by atoms with van der Waals surface area (Å²) in [6.07, 6.45) is 13.9. The van der Waals surface area contributed by atoms with Crippen LogP contribution in [0.5, 0.6) is 17.2 Å². The van der Waals surface area contributed by atoms with Gasteiger partial charge in [0, 0.05) is 0 Å². The Kier molecular flexibility index (Phi) is 14.8. The van der Waals surface area contributed by atoms with E-state index in [0.717, 1.165) is 23.8 Å². The van der Waals surface area contributed by atoms with Crippen LogP contribution in [0.2, 0.25) is 0 Å². The van der Waals surface area contributed by atoms with Gasteiger partial charge in [0.2, 0.25) is 0 Å². The second-order valence-corrected chi connectivity index (χ2v) is 10.4. The summed E-state index contributed by atoms with van der Waals surface area (Å²) < 4.78 is 17.2. The highest BCUT2D eigenvalue weighted by Crippen LogP contribution is 2.21. The minimum absolute atomic E-state index is 0.378. The summed E-state index contributed by atoms with van der Waals surface area (Å²) in [5.41, 5.74) is 0.505. The Balaban J connectivity index is 1.65. The number of rotatable bonds is 19. The zero-order valence-corrected chi connectivity index (χ0v) is 23.1. The van der Waals surface area contributed by atoms with Crippen molar-refractivity contribution in [3.63, 3.8) is 0 Å². The van der Waals surface area contributed by atoms with E-state index < -0.39 is 0 Å². The molecule has 0 fully saturated rings. The summed E-state index contributed by atoms with van der Waals surface area (Å²) in [4.78, 5) is 12.5. The molecule has 0 saturated heterocycles. The van der Waals surface area contributed by atoms with Crippen LogP contribution in [0.1, 0.15) is 109 Å². The molecule has 0 heterocycles. The van der Waals surface area contributed by atoms with Crippen molar-refractivity contribution in [3.05, 3.63) is 54.1 Å². The van der Waals surface area contributed by atoms with Crippen molar-refractivity contribution >= 4 is 5.97 Å². The van der Waals surface area contributed by atoms with E-state index in [2.05, 4.69) is 27.7 Å². The Bertz CT molecular complexity index is 826. The van der Waals surface area contributed by atoms with Crippen LogP contribution in [-0.4, -0.2) is 19.2 Å². The predicted molar refractivity (Wildman–Crippen MR) is 149 cm³/mol. The van der Waals surface area contributed by atoms with Crippen molar-refractivity contribution in [1.29, 1.82) is 0 Å². The molecule has 36 heavy (non-hydrogen) atoms. The highest BCUT2D eigenvalue weighted by atomic mass is 16.5. The predicted octanol–water partition coefficient (Wildman–Crippen LogP) is 9.27. The quantitative estimate of drug-likeness (QED) is 0.110. The van der Waals surface area contributed by atoms with Gasteiger partial charge in [0.1, 0.15) is 17.2 Å². The molecule has 1 unspecified atom stereocenters. The van der Waals surface area contributed by atoms with Crippen LogP contribution in [0.4, 0.5) is 0 Å². The van der Waals surface area contributed by atoms with Crippen LogP contribution in [0.15, 0.2) is 48.5 Å². The molecule has 4 nitrogen and oxygen atoms in total. The highest BCUT2D eigenvalue weighted by molar-refractivity contribution is 5.91. The molecule has 0 aliphatic carbocycles. The van der Waals surface area contributed by atoms with Crippen LogP contribution in [0.3, 0.4) is 0 Å². The summed E-state index contributed by atoms with van der Waals surface area (Å²) in [6, 6.07) is 14.4. The molecule has 0 N–H and O–H groups in total. The zero-order chi connectivity index (χ0) is 26.0. The number of esters is 1. The number of hydrogen-bond acceptors (Lipinski definition) is 4. The van der Waals surface area contributed by atoms with Gasteiger partial charge < -0.3 is 14.2 Å². The topological polar surface area (TPSA) is 44.8 Å². The fourth-order valence-electron chi connectivity index (χ4n) is 4.08. The third kappa shape index (κ3) is 13.0. The van der Waals surface area contributed by atoms with Crippen molar-refractivity contribution in [2.24, 2.45) is 11.8 Å². The van der Waals surface area contributed by atoms with Gasteiger partial charge in [-0.1, -0.05) is 85.5 Å². The van der Waals surface area contributed by atoms with Gasteiger partial charge in [-0.3, -0.25) is 0 Å². The van der Waals surface area contributed by atoms with Crippen molar-refractivity contribution in [2.75, 3.05) is 13.2 Å². The molecule has 2 aromatic rings. The Morgan fingerprint density at radius 3 is 1.86 bits per heavy atom. The average Bonchev–Trinajstić information content (AvgIpc) is 2.87. The van der Waals surface area contributed by atoms with Gasteiger partial charge in [0.25, 0.3) is 0 Å². The van der Waals surface area contributed by atoms with E-state index in [1.165, 1.54) is 64.2 Å². The third-order valence-corrected chi connectivity index (χ3v) is 6.40. The lowest BCUT2D eigenvalue weighted by molar-refractivity contribution is 0.0734. The normalized spacial score (nSPS) is 11.9. The molecule has 0 aliphatic rings. The lowest BCUT2D eigenvalue weighted by atomic mass is 10.0. The van der Waals surface area contributed by atoms with Gasteiger partial charge in [-0.15, -0.1) is 0 Å². The molecule has 1 atom stereocenters. The average molecular weight is 497 g/mol. The van der Waals surface area contributed by atoms with E-state index in [0.29, 0.717) is 30.4 Å². The van der Waals surface area contributed by atoms with Crippen molar-refractivity contribution in [3.8, 4) is 17.2 Å². The minimum atomic E-state index is -0.378. The van der Waals surface area contributed by atoms with Crippen molar-refractivity contribution in [2.45, 2.75) is 98.3 Å². The molecule has 200 valence electrons. The molecule has 0 spiro atoms. The van der Waals surface area contributed by atoms with Crippen LogP contribution >= 0.6 is 0 Å². The maximum atomic E-state index is 12.5. The first-order valence-electron chi connectivity index (χ1n) is 14.2. The smallest absolute Gasteiger partial charge is 0.343 e. The van der Waals surface area contributed by atoms with Crippen molar-refractivity contribution in [1.82, 2.24) is 0 Å². The maximum Gasteiger partial charge on any atom is 0.343 e. The second-order valence-electron chi connectivity index (χ2n) is 10.4. The number of unbranched alkanes of at least 4 members (excludes halogenated alkanes) is 7. The van der Waals surface area contributed by atoms with E-state index in [4.69, 9.17) is 14.2 Å². The standard InChI is InChI=1S/C32H48O4/c1-5-6-7-8-9-10-11-12-24-34-29-18-16-28(17-19-29)32(33)36-31-22-20-30(21-23-31)35-25-27(4)15-13-14-26(2)3/h16-23,26-27H,5-15,24-25H2,1-4H3. The maximum absolute atomic E-state index is 12.5. The number of hydrogen-bond donors (Lipinski definition) is 0. The molecule has 0 bridgehead atoms. The SMILES string of the molecule is CCCCCCCCCCOc1ccc(C(=O)Oc2ccc(OCC(C)CCCC(C)C)cc2)cc1. The third-order valence-electron chi connectivity index (χ3n) is 6.40. The molecule has 0 radical (unpaired) electrons. The summed E-state index contributed by atoms with van der Waals surface area (Å²) in [5.74, 6) is 2.99. The van der Waals surface area contributed by atoms with Gasteiger partial charge >= 0.3 is 5.97 Å². The lowest BCUT2D eigenvalue weighted by Crippen LogP contribution is -2.10. The molecule has 2 rings (SSSR count). The molecular weight excluding hydrogens is 448 g/mol. The number of benzene rings is 2. The van der Waals surface area contributed by atoms with E-state index >= 15 is 0 Å². The number of carbonyl (C=O) groups is 1. The molecule has 0 saturated carbocycles. The zero-order valence-electron chi connectivity index (χ0n) is 23.1. The Morgan fingerprint density at radius 2 is 1.22 bits per heavy atom. The summed E-state index contributed by atoms with van der Waals surface area (Å²) in [6.45, 7) is 10.4. The molecule has 2 aromatic carbocycles. The number of ether oxygens (including phenoxy) is 3. The summed E-state index contributed by atoms with van der Waals surface area (Å²) >= 11 is 0. The fraction of sp³-hybridized carbons (Fsp3) is 0.594. The molecule has 0 aliphatic heterocycles. The van der Waals surface area contributed by atoms with Crippen molar-refractivity contribution < 1.29 is 19.0 Å². The van der Waals surface area contributed by atoms with Gasteiger partial charge in [-0.2, -0.15) is 0 Å². The highest BCUT2D eigenvalue weighted by Gasteiger charge is 2.10. The van der Waals surface area contributed by atoms with E-state index in [9.17, 15) is 4.79 Å². The lowest BCUT2D eigenvalue weighted by Gasteiger charge is -2.14. The first-order valence-corrected chi connectivity index (χ1v) is 14.2. The monoisotopic (exact) mass is 496 g/mol. The summed E-state index contributed by atoms with van der Waals surface area (Å²) in [7, 11) is 0. The molecule has 0 amide bonds.